The zero-order valence-corrected chi connectivity index (χ0v) is 16.8. The normalized spacial score (nSPS) is 14.2. The van der Waals surface area contributed by atoms with Gasteiger partial charge in [0, 0.05) is 18.7 Å². The lowest BCUT2D eigenvalue weighted by molar-refractivity contribution is -0.137. The van der Waals surface area contributed by atoms with Gasteiger partial charge in [0.2, 0.25) is 5.84 Å². The molecule has 0 atom stereocenters. The molecule has 1 aromatic heterocycles. The number of anilines is 2. The highest BCUT2D eigenvalue weighted by Gasteiger charge is 2.33. The quantitative estimate of drug-likeness (QED) is 0.417. The van der Waals surface area contributed by atoms with Crippen LogP contribution in [-0.4, -0.2) is 41.4 Å². The van der Waals surface area contributed by atoms with E-state index in [1.54, 1.807) is 12.1 Å². The highest BCUT2D eigenvalue weighted by molar-refractivity contribution is 6.42. The van der Waals surface area contributed by atoms with E-state index in [-0.39, 0.29) is 17.2 Å². The Kier molecular flexibility index (Phi) is 6.67. The van der Waals surface area contributed by atoms with Crippen molar-refractivity contribution in [2.24, 2.45) is 10.7 Å². The first-order valence-electron chi connectivity index (χ1n) is 9.54. The lowest BCUT2D eigenvalue weighted by Crippen LogP contribution is -2.37. The average molecular weight is 443 g/mol. The largest absolute Gasteiger partial charge is 0.417 e. The number of nitrogens with one attached hydrogen (secondary N) is 3. The van der Waals surface area contributed by atoms with Crippen molar-refractivity contribution >= 4 is 34.9 Å². The van der Waals surface area contributed by atoms with E-state index in [1.165, 1.54) is 18.2 Å². The number of benzene rings is 1. The minimum atomic E-state index is -4.61. The highest BCUT2D eigenvalue weighted by Crippen LogP contribution is 2.32. The molecule has 0 radical (unpaired) electrons. The Morgan fingerprint density at radius 1 is 1.12 bits per heavy atom. The molecular weight excluding hydrogens is 423 g/mol. The summed E-state index contributed by atoms with van der Waals surface area (Å²) in [6.45, 7) is 1.77. The number of halogens is 3. The zero-order chi connectivity index (χ0) is 23.3. The van der Waals surface area contributed by atoms with Gasteiger partial charge in [0.1, 0.15) is 17.5 Å². The molecule has 166 valence electrons. The molecule has 2 aromatic rings. The van der Waals surface area contributed by atoms with Gasteiger partial charge in [-0.25, -0.2) is 9.98 Å². The Morgan fingerprint density at radius 2 is 1.84 bits per heavy atom. The molecule has 0 aliphatic carbocycles. The molecular formula is C21H20F3N7O. The maximum absolute atomic E-state index is 13.1. The molecule has 0 unspecified atom stereocenters. The number of hydrogen-bond acceptors (Lipinski definition) is 5. The fourth-order valence-electron chi connectivity index (χ4n) is 2.83. The molecule has 0 bridgehead atoms. The molecule has 1 aliphatic rings. The third-order valence-corrected chi connectivity index (χ3v) is 4.56. The molecule has 1 amide bonds. The summed E-state index contributed by atoms with van der Waals surface area (Å²) in [4.78, 5) is 22.1. The van der Waals surface area contributed by atoms with Crippen molar-refractivity contribution in [3.8, 4) is 0 Å². The summed E-state index contributed by atoms with van der Waals surface area (Å²) in [5.41, 5.74) is 3.92. The third-order valence-electron chi connectivity index (χ3n) is 4.56. The lowest BCUT2D eigenvalue weighted by atomic mass is 10.0. The SMILES string of the molecule is N=C(N=C(N)/C=C\C(=N)c1ccccc1C(F)(F)F)C(=O)Nc1cccc(N2CCC2)n1. The van der Waals surface area contributed by atoms with Crippen LogP contribution in [0, 0.1) is 10.8 Å². The van der Waals surface area contributed by atoms with Crippen LogP contribution in [0.3, 0.4) is 0 Å². The van der Waals surface area contributed by atoms with Crippen LogP contribution in [0.15, 0.2) is 59.6 Å². The number of allylic oxidation sites excluding steroid dienone is 1. The van der Waals surface area contributed by atoms with Gasteiger partial charge >= 0.3 is 6.18 Å². The van der Waals surface area contributed by atoms with E-state index < -0.39 is 29.2 Å². The van der Waals surface area contributed by atoms with Gasteiger partial charge < -0.3 is 21.4 Å². The van der Waals surface area contributed by atoms with Gasteiger partial charge in [0.25, 0.3) is 5.91 Å². The van der Waals surface area contributed by atoms with Crippen LogP contribution in [0.2, 0.25) is 0 Å². The van der Waals surface area contributed by atoms with E-state index in [0.29, 0.717) is 5.82 Å². The van der Waals surface area contributed by atoms with E-state index >= 15 is 0 Å². The summed E-state index contributed by atoms with van der Waals surface area (Å²) in [6.07, 6.45) is -1.46. The molecule has 1 aromatic carbocycles. The molecule has 1 fully saturated rings. The third kappa shape index (κ3) is 5.56. The number of carbonyl (C=O) groups excluding carboxylic acids is 1. The number of hydrogen-bond donors (Lipinski definition) is 4. The maximum Gasteiger partial charge on any atom is 0.417 e. The van der Waals surface area contributed by atoms with Gasteiger partial charge in [-0.15, -0.1) is 0 Å². The van der Waals surface area contributed by atoms with Crippen molar-refractivity contribution in [1.29, 1.82) is 10.8 Å². The number of nitrogens with two attached hydrogens (primary N) is 1. The predicted octanol–water partition coefficient (Wildman–Crippen LogP) is 3.21. The summed E-state index contributed by atoms with van der Waals surface area (Å²) in [7, 11) is 0. The first-order valence-corrected chi connectivity index (χ1v) is 9.54. The molecule has 5 N–H and O–H groups in total. The van der Waals surface area contributed by atoms with Crippen LogP contribution in [0.5, 0.6) is 0 Å². The second-order valence-corrected chi connectivity index (χ2v) is 6.85. The number of amides is 1. The van der Waals surface area contributed by atoms with Crippen molar-refractivity contribution < 1.29 is 18.0 Å². The van der Waals surface area contributed by atoms with Crippen molar-refractivity contribution in [3.63, 3.8) is 0 Å². The van der Waals surface area contributed by atoms with Crippen LogP contribution in [0.4, 0.5) is 24.8 Å². The summed E-state index contributed by atoms with van der Waals surface area (Å²) >= 11 is 0. The van der Waals surface area contributed by atoms with Gasteiger partial charge in [-0.2, -0.15) is 13.2 Å². The Bertz CT molecular complexity index is 1100. The fourth-order valence-corrected chi connectivity index (χ4v) is 2.83. The fraction of sp³-hybridized carbons (Fsp3) is 0.190. The topological polar surface area (TPSA) is 131 Å². The summed E-state index contributed by atoms with van der Waals surface area (Å²) < 4.78 is 39.3. The van der Waals surface area contributed by atoms with Crippen molar-refractivity contribution in [2.75, 3.05) is 23.3 Å². The molecule has 8 nitrogen and oxygen atoms in total. The predicted molar refractivity (Wildman–Crippen MR) is 116 cm³/mol. The lowest BCUT2D eigenvalue weighted by Gasteiger charge is -2.32. The molecule has 0 saturated carbocycles. The average Bonchev–Trinajstić information content (AvgIpc) is 2.70. The number of carbonyl (C=O) groups is 1. The molecule has 3 rings (SSSR count). The van der Waals surface area contributed by atoms with Crippen LogP contribution in [0.1, 0.15) is 17.5 Å². The number of aromatic nitrogens is 1. The molecule has 2 heterocycles. The Labute approximate surface area is 181 Å². The molecule has 11 heteroatoms. The molecule has 1 saturated heterocycles. The molecule has 1 aliphatic heterocycles. The smallest absolute Gasteiger partial charge is 0.384 e. The van der Waals surface area contributed by atoms with E-state index in [0.717, 1.165) is 37.7 Å². The zero-order valence-electron chi connectivity index (χ0n) is 16.8. The van der Waals surface area contributed by atoms with E-state index in [9.17, 15) is 18.0 Å². The summed E-state index contributed by atoms with van der Waals surface area (Å²) in [6, 6.07) is 9.76. The van der Waals surface area contributed by atoms with Crippen LogP contribution < -0.4 is 16.0 Å². The minimum Gasteiger partial charge on any atom is -0.384 e. The second-order valence-electron chi connectivity index (χ2n) is 6.85. The van der Waals surface area contributed by atoms with Crippen LogP contribution >= 0.6 is 0 Å². The number of alkyl halides is 3. The number of aliphatic imine (C=N–C) groups is 1. The molecule has 0 spiro atoms. The Morgan fingerprint density at radius 3 is 2.50 bits per heavy atom. The highest BCUT2D eigenvalue weighted by atomic mass is 19.4. The number of nitrogens with zero attached hydrogens (tertiary/aromatic N) is 3. The van der Waals surface area contributed by atoms with Crippen molar-refractivity contribution in [1.82, 2.24) is 4.98 Å². The first-order chi connectivity index (χ1) is 15.1. The number of rotatable bonds is 5. The van der Waals surface area contributed by atoms with Gasteiger partial charge in [-0.3, -0.25) is 10.2 Å². The van der Waals surface area contributed by atoms with Crippen LogP contribution in [-0.2, 0) is 11.0 Å². The van der Waals surface area contributed by atoms with Crippen molar-refractivity contribution in [3.05, 3.63) is 65.7 Å². The monoisotopic (exact) mass is 443 g/mol. The Balaban J connectivity index is 1.64. The van der Waals surface area contributed by atoms with E-state index in [1.807, 2.05) is 11.0 Å². The Hall–Kier alpha value is -4.02. The van der Waals surface area contributed by atoms with E-state index in [2.05, 4.69) is 15.3 Å². The van der Waals surface area contributed by atoms with Crippen LogP contribution in [0.25, 0.3) is 0 Å². The first kappa shape index (κ1) is 22.7. The van der Waals surface area contributed by atoms with E-state index in [4.69, 9.17) is 16.6 Å². The number of amidine groups is 2. The maximum atomic E-state index is 13.1. The van der Waals surface area contributed by atoms with Gasteiger partial charge in [0.15, 0.2) is 0 Å². The van der Waals surface area contributed by atoms with Crippen molar-refractivity contribution in [2.45, 2.75) is 12.6 Å². The van der Waals surface area contributed by atoms with Gasteiger partial charge in [-0.05, 0) is 36.8 Å². The number of pyridine rings is 1. The summed E-state index contributed by atoms with van der Waals surface area (Å²) in [5, 5.41) is 18.1. The van der Waals surface area contributed by atoms with Gasteiger partial charge in [0.05, 0.1) is 11.3 Å². The summed E-state index contributed by atoms with van der Waals surface area (Å²) in [5.74, 6) is -0.928. The second kappa shape index (κ2) is 9.41. The standard InChI is InChI=1S/C21H20F3N7O/c22-21(23,24)14-6-2-1-5-13(14)15(25)9-10-16(26)28-19(27)20(32)30-17-7-3-8-18(29-17)31-11-4-12-31/h1-3,5-10,25H,4,11-12H2,(H3,26,27,28)(H,29,30,32)/b10-9-,25-15?. The van der Waals surface area contributed by atoms with Gasteiger partial charge in [-0.1, -0.05) is 24.3 Å². The molecule has 32 heavy (non-hydrogen) atoms. The minimum absolute atomic E-state index is 0.249.